The van der Waals surface area contributed by atoms with Gasteiger partial charge in [-0.3, -0.25) is 9.69 Å². The van der Waals surface area contributed by atoms with Gasteiger partial charge in [0.25, 0.3) is 0 Å². The van der Waals surface area contributed by atoms with Gasteiger partial charge in [0, 0.05) is 30.7 Å². The average Bonchev–Trinajstić information content (AvgIpc) is 2.95. The van der Waals surface area contributed by atoms with E-state index in [2.05, 4.69) is 11.9 Å². The maximum Gasteiger partial charge on any atom is 0.406 e. The molecule has 1 heterocycles. The summed E-state index contributed by atoms with van der Waals surface area (Å²) in [5.74, 6) is -0.816. The lowest BCUT2D eigenvalue weighted by atomic mass is 10.1. The number of amides is 1. The quantitative estimate of drug-likeness (QED) is 0.809. The summed E-state index contributed by atoms with van der Waals surface area (Å²) in [7, 11) is 1.65. The molecule has 130 valence electrons. The molecule has 0 saturated heterocycles. The van der Waals surface area contributed by atoms with Gasteiger partial charge in [-0.05, 0) is 32.0 Å². The van der Waals surface area contributed by atoms with Crippen molar-refractivity contribution in [3.05, 3.63) is 42.7 Å². The van der Waals surface area contributed by atoms with Crippen LogP contribution in [0, 0.1) is 0 Å². The lowest BCUT2D eigenvalue weighted by Gasteiger charge is -2.27. The van der Waals surface area contributed by atoms with Gasteiger partial charge in [-0.1, -0.05) is 12.7 Å². The Morgan fingerprint density at radius 2 is 2.12 bits per heavy atom. The van der Waals surface area contributed by atoms with Crippen LogP contribution in [-0.4, -0.2) is 41.6 Å². The van der Waals surface area contributed by atoms with Gasteiger partial charge in [0.15, 0.2) is 0 Å². The zero-order valence-corrected chi connectivity index (χ0v) is 13.9. The van der Waals surface area contributed by atoms with Crippen LogP contribution in [0.25, 0.3) is 6.08 Å². The van der Waals surface area contributed by atoms with Crippen molar-refractivity contribution in [3.8, 4) is 5.75 Å². The van der Waals surface area contributed by atoms with Crippen LogP contribution in [0.3, 0.4) is 0 Å². The van der Waals surface area contributed by atoms with Crippen LogP contribution in [0.1, 0.15) is 19.4 Å². The lowest BCUT2D eigenvalue weighted by Crippen LogP contribution is -2.48. The minimum Gasteiger partial charge on any atom is -0.490 e. The molecule has 0 radical (unpaired) electrons. The van der Waals surface area contributed by atoms with Crippen LogP contribution in [0.4, 0.5) is 14.5 Å². The van der Waals surface area contributed by atoms with Crippen molar-refractivity contribution in [1.29, 1.82) is 0 Å². The first kappa shape index (κ1) is 17.8. The van der Waals surface area contributed by atoms with E-state index in [9.17, 15) is 13.6 Å². The largest absolute Gasteiger partial charge is 0.490 e. The van der Waals surface area contributed by atoms with Crippen molar-refractivity contribution in [3.63, 3.8) is 0 Å². The smallest absolute Gasteiger partial charge is 0.406 e. The monoisotopic (exact) mass is 337 g/mol. The highest BCUT2D eigenvalue weighted by atomic mass is 19.3. The number of nitrogens with zero attached hydrogens (tertiary/aromatic N) is 2. The van der Waals surface area contributed by atoms with E-state index in [0.717, 1.165) is 0 Å². The van der Waals surface area contributed by atoms with Gasteiger partial charge in [0.2, 0.25) is 0 Å². The number of carbonyl (C=O) groups excluding carboxylic acids is 1. The fraction of sp³-hybridized carbons (Fsp3) is 0.353. The van der Waals surface area contributed by atoms with Gasteiger partial charge in [-0.15, -0.1) is 0 Å². The highest BCUT2D eigenvalue weighted by Crippen LogP contribution is 2.28. The molecule has 0 spiro atoms. The van der Waals surface area contributed by atoms with Crippen molar-refractivity contribution < 1.29 is 18.3 Å². The van der Waals surface area contributed by atoms with Crippen LogP contribution < -0.4 is 10.1 Å². The average molecular weight is 337 g/mol. The molecule has 0 bridgehead atoms. The van der Waals surface area contributed by atoms with Gasteiger partial charge in [-0.25, -0.2) is 0 Å². The van der Waals surface area contributed by atoms with Crippen LogP contribution in [0.15, 0.2) is 37.2 Å². The molecule has 24 heavy (non-hydrogen) atoms. The normalized spacial score (nSPS) is 14.2. The molecule has 1 aromatic rings. The molecule has 0 aromatic heterocycles. The summed E-state index contributed by atoms with van der Waals surface area (Å²) in [6.45, 7) is 7.38. The summed E-state index contributed by atoms with van der Waals surface area (Å²) in [5.41, 5.74) is 0.868. The summed E-state index contributed by atoms with van der Waals surface area (Å²) in [6.07, 6.45) is 4.18. The van der Waals surface area contributed by atoms with Crippen molar-refractivity contribution in [1.82, 2.24) is 9.80 Å². The molecule has 0 saturated carbocycles. The number of carbonyl (C=O) groups is 1. The lowest BCUT2D eigenvalue weighted by molar-refractivity contribution is -0.165. The highest BCUT2D eigenvalue weighted by molar-refractivity contribution is 5.96. The van der Waals surface area contributed by atoms with Crippen LogP contribution in [-0.2, 0) is 4.79 Å². The summed E-state index contributed by atoms with van der Waals surface area (Å²) in [6, 6.07) is 1.03. The number of hydrogen-bond donors (Lipinski definition) is 1. The third-order valence-electron chi connectivity index (χ3n) is 3.36. The van der Waals surface area contributed by atoms with Crippen molar-refractivity contribution >= 4 is 17.7 Å². The van der Waals surface area contributed by atoms with Crippen LogP contribution >= 0.6 is 0 Å². The third kappa shape index (κ3) is 3.84. The SMILES string of the molecule is C=Cc1cc(NC(=O)C(F)(F)N2C=CN(C)C2)ccc1OC(C)C. The molecule has 0 fully saturated rings. The number of alkyl halides is 2. The topological polar surface area (TPSA) is 44.8 Å². The number of benzene rings is 1. The Kier molecular flexibility index (Phi) is 5.11. The van der Waals surface area contributed by atoms with Crippen molar-refractivity contribution in [2.75, 3.05) is 19.0 Å². The predicted octanol–water partition coefficient (Wildman–Crippen LogP) is 3.32. The number of hydrogen-bond acceptors (Lipinski definition) is 4. The molecule has 1 aliphatic rings. The molecule has 2 rings (SSSR count). The molecule has 7 heteroatoms. The van der Waals surface area contributed by atoms with E-state index >= 15 is 0 Å². The summed E-state index contributed by atoms with van der Waals surface area (Å²) < 4.78 is 34.0. The Morgan fingerprint density at radius 1 is 1.42 bits per heavy atom. The first-order valence-corrected chi connectivity index (χ1v) is 7.51. The number of halogens is 2. The van der Waals surface area contributed by atoms with Crippen molar-refractivity contribution in [2.45, 2.75) is 26.0 Å². The van der Waals surface area contributed by atoms with E-state index in [1.54, 1.807) is 30.2 Å². The second-order valence-electron chi connectivity index (χ2n) is 5.79. The predicted molar refractivity (Wildman–Crippen MR) is 89.5 cm³/mol. The zero-order valence-electron chi connectivity index (χ0n) is 13.9. The van der Waals surface area contributed by atoms with Crippen LogP contribution in [0.5, 0.6) is 5.75 Å². The van der Waals surface area contributed by atoms with Crippen LogP contribution in [0.2, 0.25) is 0 Å². The number of ether oxygens (including phenoxy) is 1. The number of anilines is 1. The first-order valence-electron chi connectivity index (χ1n) is 7.51. The van der Waals surface area contributed by atoms with E-state index in [4.69, 9.17) is 4.74 Å². The fourth-order valence-corrected chi connectivity index (χ4v) is 2.20. The Bertz CT molecular complexity index is 659. The molecule has 0 unspecified atom stereocenters. The summed E-state index contributed by atoms with van der Waals surface area (Å²) >= 11 is 0. The molecular weight excluding hydrogens is 316 g/mol. The summed E-state index contributed by atoms with van der Waals surface area (Å²) in [4.78, 5) is 14.2. The molecule has 0 aliphatic carbocycles. The Hall–Kier alpha value is -2.57. The standard InChI is InChI=1S/C17H21F2N3O2/c1-5-13-10-14(6-7-15(13)24-12(2)3)20-16(23)17(18,19)22-9-8-21(4)11-22/h5-10,12H,1,11H2,2-4H3,(H,20,23). The van der Waals surface area contributed by atoms with Gasteiger partial charge in [0.1, 0.15) is 5.75 Å². The summed E-state index contributed by atoms with van der Waals surface area (Å²) in [5, 5.41) is 2.24. The fourth-order valence-electron chi connectivity index (χ4n) is 2.20. The van der Waals surface area contributed by atoms with E-state index in [0.29, 0.717) is 16.2 Å². The third-order valence-corrected chi connectivity index (χ3v) is 3.36. The second kappa shape index (κ2) is 6.90. The van der Waals surface area contributed by atoms with Crippen molar-refractivity contribution in [2.24, 2.45) is 0 Å². The molecule has 1 amide bonds. The first-order chi connectivity index (χ1) is 11.2. The minimum absolute atomic E-state index is 0.0348. The number of rotatable bonds is 6. The van der Waals surface area contributed by atoms with Gasteiger partial charge < -0.3 is 15.0 Å². The minimum atomic E-state index is -3.65. The molecule has 1 aliphatic heterocycles. The maximum atomic E-state index is 14.2. The van der Waals surface area contributed by atoms with E-state index in [-0.39, 0.29) is 18.5 Å². The Morgan fingerprint density at radius 3 is 2.67 bits per heavy atom. The Balaban J connectivity index is 2.14. The van der Waals surface area contributed by atoms with E-state index in [1.807, 2.05) is 13.8 Å². The highest BCUT2D eigenvalue weighted by Gasteiger charge is 2.45. The van der Waals surface area contributed by atoms with E-state index < -0.39 is 12.0 Å². The molecule has 1 aromatic carbocycles. The second-order valence-corrected chi connectivity index (χ2v) is 5.79. The van der Waals surface area contributed by atoms with Gasteiger partial charge >= 0.3 is 12.0 Å². The molecule has 0 atom stereocenters. The zero-order chi connectivity index (χ0) is 17.9. The van der Waals surface area contributed by atoms with Gasteiger partial charge in [0.05, 0.1) is 12.8 Å². The van der Waals surface area contributed by atoms with E-state index in [1.165, 1.54) is 18.5 Å². The Labute approximate surface area is 140 Å². The maximum absolute atomic E-state index is 14.2. The molecule has 1 N–H and O–H groups in total. The molecule has 5 nitrogen and oxygen atoms in total. The number of nitrogens with one attached hydrogen (secondary N) is 1. The van der Waals surface area contributed by atoms with Gasteiger partial charge in [-0.2, -0.15) is 8.78 Å². The molecular formula is C17H21F2N3O2.